The Morgan fingerprint density at radius 1 is 1.38 bits per heavy atom. The molecule has 3 heterocycles. The van der Waals surface area contributed by atoms with Gasteiger partial charge in [-0.1, -0.05) is 4.98 Å². The van der Waals surface area contributed by atoms with E-state index in [1.165, 1.54) is 18.4 Å². The number of H-pyrrole nitrogens is 1. The number of fused-ring (bicyclic) bond motifs is 1. The fourth-order valence-corrected chi connectivity index (χ4v) is 5.26. The molecule has 0 radical (unpaired) electrons. The van der Waals surface area contributed by atoms with Gasteiger partial charge in [-0.3, -0.25) is 5.73 Å². The first kappa shape index (κ1) is 17.5. The number of aromatic nitrogens is 3. The maximum absolute atomic E-state index is 6.51. The summed E-state index contributed by atoms with van der Waals surface area (Å²) in [5.74, 6) is 1.98. The molecule has 4 rings (SSSR count). The van der Waals surface area contributed by atoms with E-state index >= 15 is 0 Å². The number of nitrogen functional groups attached to an aromatic ring is 2. The van der Waals surface area contributed by atoms with Gasteiger partial charge in [0.05, 0.1) is 27.4 Å². The van der Waals surface area contributed by atoms with Crippen LogP contribution >= 0.6 is 23.1 Å². The Balaban J connectivity index is 1.73. The van der Waals surface area contributed by atoms with Crippen molar-refractivity contribution >= 4 is 45.0 Å². The number of nitrogens with one attached hydrogen (secondary N) is 1. The Labute approximate surface area is 160 Å². The smallest absolute Gasteiger partial charge is 0.386 e. The third-order valence-electron chi connectivity index (χ3n) is 4.45. The average molecular weight is 389 g/mol. The largest absolute Gasteiger partial charge is 0.397 e. The van der Waals surface area contributed by atoms with Gasteiger partial charge in [-0.2, -0.15) is 0 Å². The van der Waals surface area contributed by atoms with Crippen molar-refractivity contribution < 1.29 is 9.72 Å². The van der Waals surface area contributed by atoms with Gasteiger partial charge in [0.2, 0.25) is 0 Å². The van der Waals surface area contributed by atoms with E-state index in [1.54, 1.807) is 36.4 Å². The number of hydrogen-bond acceptors (Lipinski definition) is 7. The van der Waals surface area contributed by atoms with Crippen LogP contribution in [-0.4, -0.2) is 29.4 Å². The number of nitrogens with two attached hydrogens (primary N) is 2. The highest BCUT2D eigenvalue weighted by molar-refractivity contribution is 8.01. The minimum Gasteiger partial charge on any atom is -0.397 e. The van der Waals surface area contributed by atoms with Crippen LogP contribution in [0.3, 0.4) is 0 Å². The molecule has 1 fully saturated rings. The van der Waals surface area contributed by atoms with Crippen LogP contribution in [0.1, 0.15) is 30.7 Å². The van der Waals surface area contributed by atoms with Crippen molar-refractivity contribution in [1.82, 2.24) is 9.97 Å². The predicted octanol–water partition coefficient (Wildman–Crippen LogP) is 3.34. The summed E-state index contributed by atoms with van der Waals surface area (Å²) in [7, 11) is 1.73. The number of anilines is 2. The molecule has 3 aromatic heterocycles. The SMILES string of the molecule is COCCCSc1sc2nc(-c3cnc(N)[nH+]c3)cc(C3CC3)c2c1N. The molecule has 136 valence electrons. The van der Waals surface area contributed by atoms with Crippen molar-refractivity contribution in [3.05, 3.63) is 24.0 Å². The molecule has 26 heavy (non-hydrogen) atoms. The zero-order valence-electron chi connectivity index (χ0n) is 14.6. The topological polar surface area (TPSA) is 101 Å². The van der Waals surface area contributed by atoms with E-state index in [2.05, 4.69) is 16.0 Å². The highest BCUT2D eigenvalue weighted by atomic mass is 32.2. The van der Waals surface area contributed by atoms with Crippen molar-refractivity contribution in [3.63, 3.8) is 0 Å². The van der Waals surface area contributed by atoms with E-state index < -0.39 is 0 Å². The van der Waals surface area contributed by atoms with Crippen molar-refractivity contribution in [3.8, 4) is 11.3 Å². The fraction of sp³-hybridized carbons (Fsp3) is 0.389. The summed E-state index contributed by atoms with van der Waals surface area (Å²) >= 11 is 3.48. The lowest BCUT2D eigenvalue weighted by molar-refractivity contribution is -0.363. The fourth-order valence-electron chi connectivity index (χ4n) is 2.97. The number of methoxy groups -OCH3 is 1. The Morgan fingerprint density at radius 2 is 2.23 bits per heavy atom. The standard InChI is InChI=1S/C18H21N5OS2/c1-24-5-2-6-25-17-15(19)14-12(10-3-4-10)7-13(23-16(14)26-17)11-8-21-18(20)22-9-11/h7-10H,2-6,19H2,1H3,(H2,20,21,22)/p+1. The van der Waals surface area contributed by atoms with Gasteiger partial charge in [0.25, 0.3) is 0 Å². The van der Waals surface area contributed by atoms with Crippen molar-refractivity contribution in [2.75, 3.05) is 30.9 Å². The van der Waals surface area contributed by atoms with Crippen LogP contribution in [0.4, 0.5) is 11.6 Å². The summed E-state index contributed by atoms with van der Waals surface area (Å²) in [5.41, 5.74) is 16.2. The van der Waals surface area contributed by atoms with Gasteiger partial charge in [-0.25, -0.2) is 9.97 Å². The second kappa shape index (κ2) is 7.38. The van der Waals surface area contributed by atoms with E-state index in [4.69, 9.17) is 21.2 Å². The number of thioether (sulfide) groups is 1. The van der Waals surface area contributed by atoms with E-state index in [0.29, 0.717) is 11.9 Å². The quantitative estimate of drug-likeness (QED) is 0.475. The van der Waals surface area contributed by atoms with Crippen LogP contribution in [0, 0.1) is 0 Å². The van der Waals surface area contributed by atoms with Crippen molar-refractivity contribution in [2.24, 2.45) is 0 Å². The molecule has 0 aromatic carbocycles. The minimum absolute atomic E-state index is 0.396. The van der Waals surface area contributed by atoms with Crippen molar-refractivity contribution in [2.45, 2.75) is 29.4 Å². The molecule has 3 aromatic rings. The van der Waals surface area contributed by atoms with Gasteiger partial charge in [-0.05, 0) is 36.8 Å². The lowest BCUT2D eigenvalue weighted by atomic mass is 10.0. The van der Waals surface area contributed by atoms with Gasteiger partial charge in [-0.15, -0.1) is 23.1 Å². The number of hydrogen-bond donors (Lipinski definition) is 2. The molecule has 8 heteroatoms. The lowest BCUT2D eigenvalue weighted by Gasteiger charge is -2.06. The molecule has 1 saturated carbocycles. The average Bonchev–Trinajstić information content (AvgIpc) is 3.44. The predicted molar refractivity (Wildman–Crippen MR) is 107 cm³/mol. The van der Waals surface area contributed by atoms with Crippen LogP contribution in [0.25, 0.3) is 21.5 Å². The summed E-state index contributed by atoms with van der Waals surface area (Å²) in [4.78, 5) is 13.0. The summed E-state index contributed by atoms with van der Waals surface area (Å²) in [5, 5.41) is 1.14. The van der Waals surface area contributed by atoms with Gasteiger partial charge >= 0.3 is 5.95 Å². The number of pyridine rings is 1. The number of rotatable bonds is 7. The van der Waals surface area contributed by atoms with Crippen LogP contribution < -0.4 is 16.5 Å². The van der Waals surface area contributed by atoms with Gasteiger partial charge in [0, 0.05) is 24.9 Å². The monoisotopic (exact) mass is 388 g/mol. The van der Waals surface area contributed by atoms with Crippen LogP contribution in [0.15, 0.2) is 22.7 Å². The molecule has 0 saturated heterocycles. The molecule has 0 bridgehead atoms. The number of aromatic amines is 1. The summed E-state index contributed by atoms with van der Waals surface area (Å²) < 4.78 is 6.29. The second-order valence-electron chi connectivity index (χ2n) is 6.44. The minimum atomic E-state index is 0.396. The first-order valence-corrected chi connectivity index (χ1v) is 10.5. The van der Waals surface area contributed by atoms with Gasteiger partial charge < -0.3 is 10.5 Å². The normalized spacial score (nSPS) is 14.2. The molecule has 1 aliphatic carbocycles. The highest BCUT2D eigenvalue weighted by Crippen LogP contribution is 2.49. The zero-order chi connectivity index (χ0) is 18.1. The highest BCUT2D eigenvalue weighted by Gasteiger charge is 2.29. The molecule has 0 atom stereocenters. The lowest BCUT2D eigenvalue weighted by Crippen LogP contribution is -2.11. The Kier molecular flexibility index (Phi) is 4.97. The van der Waals surface area contributed by atoms with Crippen molar-refractivity contribution in [1.29, 1.82) is 0 Å². The number of thiophene rings is 1. The van der Waals surface area contributed by atoms with E-state index in [0.717, 1.165) is 50.2 Å². The zero-order valence-corrected chi connectivity index (χ0v) is 16.3. The molecule has 5 N–H and O–H groups in total. The second-order valence-corrected chi connectivity index (χ2v) is 8.80. The summed E-state index contributed by atoms with van der Waals surface area (Å²) in [6, 6.07) is 2.17. The Morgan fingerprint density at radius 3 is 2.92 bits per heavy atom. The molecule has 0 spiro atoms. The van der Waals surface area contributed by atoms with Gasteiger partial charge in [0.15, 0.2) is 0 Å². The van der Waals surface area contributed by atoms with Gasteiger partial charge in [0.1, 0.15) is 11.0 Å². The number of ether oxygens (including phenoxy) is 1. The van der Waals surface area contributed by atoms with Crippen LogP contribution in [0.5, 0.6) is 0 Å². The Bertz CT molecular complexity index is 921. The molecule has 0 unspecified atom stereocenters. The van der Waals surface area contributed by atoms with Crippen LogP contribution in [0.2, 0.25) is 0 Å². The van der Waals surface area contributed by atoms with E-state index in [9.17, 15) is 0 Å². The molecular weight excluding hydrogens is 366 g/mol. The molecule has 0 aliphatic heterocycles. The first-order valence-electron chi connectivity index (χ1n) is 8.65. The van der Waals surface area contributed by atoms with Crippen LogP contribution in [-0.2, 0) is 4.74 Å². The molecule has 1 aliphatic rings. The van der Waals surface area contributed by atoms with E-state index in [-0.39, 0.29) is 0 Å². The first-order chi connectivity index (χ1) is 12.7. The third kappa shape index (κ3) is 3.49. The Hall–Kier alpha value is -1.90. The van der Waals surface area contributed by atoms with E-state index in [1.807, 2.05) is 6.20 Å². The summed E-state index contributed by atoms with van der Waals surface area (Å²) in [6.07, 6.45) is 7.06. The summed E-state index contributed by atoms with van der Waals surface area (Å²) in [6.45, 7) is 0.772. The maximum Gasteiger partial charge on any atom is 0.386 e. The number of nitrogens with zero attached hydrogens (tertiary/aromatic N) is 2. The molecular formula is C18H22N5OS2+. The molecule has 6 nitrogen and oxygen atoms in total. The molecule has 0 amide bonds. The maximum atomic E-state index is 6.51. The third-order valence-corrected chi connectivity index (χ3v) is 6.93.